The predicted molar refractivity (Wildman–Crippen MR) is 109 cm³/mol. The molecular weight excluding hydrogens is 376 g/mol. The third-order valence-corrected chi connectivity index (χ3v) is 4.29. The molecule has 5 heteroatoms. The monoisotopic (exact) mass is 402 g/mol. The number of halogens is 1. The molecule has 2 rings (SSSR count). The van der Waals surface area contributed by atoms with Gasteiger partial charge in [-0.05, 0) is 57.9 Å². The van der Waals surface area contributed by atoms with Crippen LogP contribution in [-0.4, -0.2) is 22.6 Å². The van der Waals surface area contributed by atoms with E-state index in [0.29, 0.717) is 12.0 Å². The van der Waals surface area contributed by atoms with E-state index in [1.807, 2.05) is 24.3 Å². The molecule has 2 aromatic rings. The van der Waals surface area contributed by atoms with E-state index in [-0.39, 0.29) is 6.04 Å². The van der Waals surface area contributed by atoms with E-state index in [1.165, 1.54) is 5.56 Å². The minimum absolute atomic E-state index is 0.197. The molecule has 4 nitrogen and oxygen atoms in total. The number of aryl methyl sites for hydroxylation is 2. The molecule has 0 radical (unpaired) electrons. The number of aliphatic imine (C=N–C) groups is 1. The maximum Gasteiger partial charge on any atom is 0.220 e. The van der Waals surface area contributed by atoms with Crippen molar-refractivity contribution in [1.82, 2.24) is 9.88 Å². The summed E-state index contributed by atoms with van der Waals surface area (Å²) >= 11 is 3.62. The summed E-state index contributed by atoms with van der Waals surface area (Å²) in [6.45, 7) is 9.17. The number of guanidine groups is 1. The van der Waals surface area contributed by atoms with Crippen molar-refractivity contribution >= 4 is 21.9 Å². The Morgan fingerprint density at radius 3 is 2.48 bits per heavy atom. The average molecular weight is 403 g/mol. The highest BCUT2D eigenvalue weighted by Gasteiger charge is 2.03. The number of nitrogens with zero attached hydrogens (tertiary/aromatic N) is 3. The van der Waals surface area contributed by atoms with Gasteiger partial charge in [-0.1, -0.05) is 40.2 Å². The van der Waals surface area contributed by atoms with Gasteiger partial charge in [0.05, 0.1) is 0 Å². The lowest BCUT2D eigenvalue weighted by molar-refractivity contribution is 0.654. The molecule has 0 saturated carbocycles. The molecule has 0 saturated heterocycles. The summed E-state index contributed by atoms with van der Waals surface area (Å²) in [5.74, 6) is 0.686. The van der Waals surface area contributed by atoms with Crippen molar-refractivity contribution in [2.75, 3.05) is 0 Å². The lowest BCUT2D eigenvalue weighted by Gasteiger charge is -2.12. The Balaban J connectivity index is 2.28. The van der Waals surface area contributed by atoms with Crippen molar-refractivity contribution in [2.45, 2.75) is 52.7 Å². The van der Waals surface area contributed by atoms with E-state index in [1.54, 1.807) is 0 Å². The zero-order valence-corrected chi connectivity index (χ0v) is 17.0. The van der Waals surface area contributed by atoms with Gasteiger partial charge in [-0.3, -0.25) is 0 Å². The van der Waals surface area contributed by atoms with Crippen LogP contribution in [0.1, 0.15) is 33.3 Å². The van der Waals surface area contributed by atoms with Crippen LogP contribution in [0.4, 0.5) is 0 Å². The van der Waals surface area contributed by atoms with E-state index in [2.05, 4.69) is 82.9 Å². The Labute approximate surface area is 158 Å². The zero-order chi connectivity index (χ0) is 18.2. The smallest absolute Gasteiger partial charge is 0.220 e. The van der Waals surface area contributed by atoms with Gasteiger partial charge in [-0.25, -0.2) is 4.99 Å². The van der Waals surface area contributed by atoms with E-state index in [9.17, 15) is 0 Å². The van der Waals surface area contributed by atoms with E-state index in [4.69, 9.17) is 4.99 Å². The van der Waals surface area contributed by atoms with E-state index < -0.39 is 0 Å². The fourth-order valence-electron chi connectivity index (χ4n) is 2.41. The van der Waals surface area contributed by atoms with Crippen molar-refractivity contribution < 1.29 is 0 Å². The second kappa shape index (κ2) is 9.56. The van der Waals surface area contributed by atoms with Gasteiger partial charge in [0.25, 0.3) is 0 Å². The molecule has 134 valence electrons. The number of aromatic nitrogens is 1. The van der Waals surface area contributed by atoms with Crippen molar-refractivity contribution in [3.63, 3.8) is 0 Å². The predicted octanol–water partition coefficient (Wildman–Crippen LogP) is 4.16. The standard InChI is InChI=1S/C20H27BrN4/c1-15(2)22-20(23-16(3)4)24-19-11-7-8-13-25(19)14-12-17-9-5-6-10-18(17)21/h5-11,13,15-16H,12,14H2,1-4H3,(H,22,23). The molecule has 0 unspecified atom stereocenters. The molecule has 0 aliphatic heterocycles. The number of hydrogen-bond acceptors (Lipinski definition) is 1. The van der Waals surface area contributed by atoms with Crippen LogP contribution >= 0.6 is 15.9 Å². The highest BCUT2D eigenvalue weighted by atomic mass is 79.9. The van der Waals surface area contributed by atoms with Gasteiger partial charge in [-0.2, -0.15) is 4.99 Å². The molecule has 1 aromatic carbocycles. The Morgan fingerprint density at radius 2 is 1.80 bits per heavy atom. The Kier molecular flexibility index (Phi) is 7.44. The molecule has 0 amide bonds. The molecule has 0 fully saturated rings. The molecule has 0 atom stereocenters. The molecule has 1 heterocycles. The summed E-state index contributed by atoms with van der Waals surface area (Å²) in [6, 6.07) is 14.9. The van der Waals surface area contributed by atoms with Gasteiger partial charge in [0.1, 0.15) is 5.49 Å². The van der Waals surface area contributed by atoms with Gasteiger partial charge in [0, 0.05) is 29.3 Å². The van der Waals surface area contributed by atoms with Crippen LogP contribution in [0.25, 0.3) is 0 Å². The Morgan fingerprint density at radius 1 is 1.08 bits per heavy atom. The van der Waals surface area contributed by atoms with Crippen LogP contribution in [0, 0.1) is 0 Å². The third kappa shape index (κ3) is 6.50. The number of rotatable bonds is 5. The van der Waals surface area contributed by atoms with Gasteiger partial charge in [0.2, 0.25) is 5.96 Å². The largest absolute Gasteiger partial charge is 0.352 e. The van der Waals surface area contributed by atoms with Gasteiger partial charge >= 0.3 is 0 Å². The molecule has 0 bridgehead atoms. The number of nitrogens with one attached hydrogen (secondary N) is 1. The molecule has 0 aliphatic rings. The SMILES string of the molecule is CC(C)N=C(N=c1ccccn1CCc1ccccc1Br)NC(C)C. The highest BCUT2D eigenvalue weighted by Crippen LogP contribution is 2.16. The van der Waals surface area contributed by atoms with Crippen molar-refractivity contribution in [1.29, 1.82) is 0 Å². The number of benzene rings is 1. The second-order valence-electron chi connectivity index (χ2n) is 6.55. The van der Waals surface area contributed by atoms with Crippen LogP contribution < -0.4 is 10.8 Å². The average Bonchev–Trinajstić information content (AvgIpc) is 2.54. The Hall–Kier alpha value is -1.88. The van der Waals surface area contributed by atoms with E-state index in [0.717, 1.165) is 22.9 Å². The molecule has 25 heavy (non-hydrogen) atoms. The maximum atomic E-state index is 4.76. The fraction of sp³-hybridized carbons (Fsp3) is 0.400. The first-order valence-electron chi connectivity index (χ1n) is 8.73. The molecule has 0 spiro atoms. The molecule has 0 aliphatic carbocycles. The first-order chi connectivity index (χ1) is 12.0. The second-order valence-corrected chi connectivity index (χ2v) is 7.41. The fourth-order valence-corrected chi connectivity index (χ4v) is 2.89. The summed E-state index contributed by atoms with van der Waals surface area (Å²) < 4.78 is 3.31. The van der Waals surface area contributed by atoms with Crippen LogP contribution in [0.15, 0.2) is 63.1 Å². The lowest BCUT2D eigenvalue weighted by atomic mass is 10.1. The van der Waals surface area contributed by atoms with Gasteiger partial charge in [0.15, 0.2) is 0 Å². The third-order valence-electron chi connectivity index (χ3n) is 3.52. The summed E-state index contributed by atoms with van der Waals surface area (Å²) in [4.78, 5) is 9.37. The van der Waals surface area contributed by atoms with Crippen LogP contribution in [-0.2, 0) is 13.0 Å². The van der Waals surface area contributed by atoms with Crippen molar-refractivity contribution in [2.24, 2.45) is 9.98 Å². The summed E-state index contributed by atoms with van der Waals surface area (Å²) in [5, 5.41) is 3.33. The first-order valence-corrected chi connectivity index (χ1v) is 9.53. The quantitative estimate of drug-likeness (QED) is 0.591. The minimum atomic E-state index is 0.197. The molecular formula is C20H27BrN4. The first kappa shape index (κ1) is 19.4. The zero-order valence-electron chi connectivity index (χ0n) is 15.4. The van der Waals surface area contributed by atoms with E-state index >= 15 is 0 Å². The maximum absolute atomic E-state index is 4.76. The normalized spacial score (nSPS) is 12.9. The van der Waals surface area contributed by atoms with Crippen LogP contribution in [0.5, 0.6) is 0 Å². The summed E-state index contributed by atoms with van der Waals surface area (Å²) in [7, 11) is 0. The summed E-state index contributed by atoms with van der Waals surface area (Å²) in [6.07, 6.45) is 3.00. The van der Waals surface area contributed by atoms with Crippen molar-refractivity contribution in [3.8, 4) is 0 Å². The molecule has 1 N–H and O–H groups in total. The van der Waals surface area contributed by atoms with Crippen molar-refractivity contribution in [3.05, 3.63) is 64.2 Å². The Bertz CT molecular complexity index is 775. The number of pyridine rings is 1. The molecule has 1 aromatic heterocycles. The lowest BCUT2D eigenvalue weighted by Crippen LogP contribution is -2.33. The highest BCUT2D eigenvalue weighted by molar-refractivity contribution is 9.10. The number of hydrogen-bond donors (Lipinski definition) is 1. The van der Waals surface area contributed by atoms with Crippen LogP contribution in [0.2, 0.25) is 0 Å². The van der Waals surface area contributed by atoms with Gasteiger partial charge < -0.3 is 9.88 Å². The topological polar surface area (TPSA) is 41.7 Å². The van der Waals surface area contributed by atoms with Crippen LogP contribution in [0.3, 0.4) is 0 Å². The summed E-state index contributed by atoms with van der Waals surface area (Å²) in [5.41, 5.74) is 2.20. The van der Waals surface area contributed by atoms with Gasteiger partial charge in [-0.15, -0.1) is 0 Å². The minimum Gasteiger partial charge on any atom is -0.352 e.